The summed E-state index contributed by atoms with van der Waals surface area (Å²) in [6.45, 7) is 3.59. The zero-order valence-electron chi connectivity index (χ0n) is 11.7. The molecule has 2 N–H and O–H groups in total. The summed E-state index contributed by atoms with van der Waals surface area (Å²) in [6.07, 6.45) is 3.46. The predicted molar refractivity (Wildman–Crippen MR) is 77.4 cm³/mol. The van der Waals surface area contributed by atoms with Crippen LogP contribution in [0.25, 0.3) is 0 Å². The highest BCUT2D eigenvalue weighted by molar-refractivity contribution is 5.87. The van der Waals surface area contributed by atoms with Crippen LogP contribution in [0.4, 0.5) is 0 Å². The van der Waals surface area contributed by atoms with Crippen molar-refractivity contribution < 1.29 is 14.6 Å². The molecule has 0 aliphatic rings. The molecule has 0 spiro atoms. The minimum atomic E-state index is -0.962. The molecule has 0 unspecified atom stereocenters. The number of hydrogen-bond donors (Lipinski definition) is 2. The van der Waals surface area contributed by atoms with E-state index in [2.05, 4.69) is 15.3 Å². The molecule has 2 aromatic rings. The van der Waals surface area contributed by atoms with Crippen molar-refractivity contribution in [3.63, 3.8) is 0 Å². The van der Waals surface area contributed by atoms with Crippen LogP contribution in [0.2, 0.25) is 0 Å². The molecule has 6 heteroatoms. The number of aromatic carboxylic acids is 1. The summed E-state index contributed by atoms with van der Waals surface area (Å²) in [5.41, 5.74) is 1.98. The summed E-state index contributed by atoms with van der Waals surface area (Å²) in [7, 11) is 0. The van der Waals surface area contributed by atoms with Crippen LogP contribution in [0, 0.1) is 6.92 Å². The highest BCUT2D eigenvalue weighted by Crippen LogP contribution is 2.12. The zero-order valence-corrected chi connectivity index (χ0v) is 11.7. The molecule has 0 aliphatic heterocycles. The molecule has 1 heterocycles. The fourth-order valence-corrected chi connectivity index (χ4v) is 1.69. The Balaban J connectivity index is 1.71. The van der Waals surface area contributed by atoms with Gasteiger partial charge in [-0.05, 0) is 25.1 Å². The Morgan fingerprint density at radius 1 is 1.33 bits per heavy atom. The molecule has 21 heavy (non-hydrogen) atoms. The Morgan fingerprint density at radius 2 is 2.19 bits per heavy atom. The van der Waals surface area contributed by atoms with Gasteiger partial charge in [0.25, 0.3) is 0 Å². The Bertz CT molecular complexity index is 599. The first kappa shape index (κ1) is 14.9. The molecule has 0 bridgehead atoms. The number of rotatable bonds is 7. The molecule has 0 saturated heterocycles. The second kappa shape index (κ2) is 7.35. The van der Waals surface area contributed by atoms with Gasteiger partial charge in [-0.1, -0.05) is 6.07 Å². The number of carboxylic acid groups (broad SMARTS) is 1. The average molecular weight is 287 g/mol. The van der Waals surface area contributed by atoms with E-state index in [0.717, 1.165) is 11.4 Å². The molecule has 2 rings (SSSR count). The highest BCUT2D eigenvalue weighted by atomic mass is 16.5. The first-order valence-corrected chi connectivity index (χ1v) is 6.59. The van der Waals surface area contributed by atoms with Gasteiger partial charge in [0.15, 0.2) is 0 Å². The fraction of sp³-hybridized carbons (Fsp3) is 0.267. The molecular formula is C15H17N3O3. The lowest BCUT2D eigenvalue weighted by molar-refractivity contribution is 0.0696. The summed E-state index contributed by atoms with van der Waals surface area (Å²) in [5.74, 6) is -0.414. The smallest absolute Gasteiger partial charge is 0.335 e. The second-order valence-corrected chi connectivity index (χ2v) is 4.51. The van der Waals surface area contributed by atoms with Crippen LogP contribution in [-0.4, -0.2) is 34.2 Å². The van der Waals surface area contributed by atoms with E-state index in [0.29, 0.717) is 25.4 Å². The lowest BCUT2D eigenvalue weighted by atomic mass is 10.2. The predicted octanol–water partition coefficient (Wildman–Crippen LogP) is 1.65. The topological polar surface area (TPSA) is 84.3 Å². The van der Waals surface area contributed by atoms with Crippen LogP contribution >= 0.6 is 0 Å². The van der Waals surface area contributed by atoms with Crippen molar-refractivity contribution in [1.29, 1.82) is 0 Å². The Hall–Kier alpha value is -2.47. The maximum Gasteiger partial charge on any atom is 0.335 e. The lowest BCUT2D eigenvalue weighted by Crippen LogP contribution is -2.21. The van der Waals surface area contributed by atoms with Crippen LogP contribution in [-0.2, 0) is 6.54 Å². The maximum atomic E-state index is 10.8. The van der Waals surface area contributed by atoms with Crippen molar-refractivity contribution in [2.24, 2.45) is 0 Å². The molecule has 0 radical (unpaired) electrons. The van der Waals surface area contributed by atoms with Crippen LogP contribution in [0.3, 0.4) is 0 Å². The molecule has 0 saturated carbocycles. The summed E-state index contributed by atoms with van der Waals surface area (Å²) in [5, 5.41) is 12.1. The monoisotopic (exact) mass is 287 g/mol. The first-order chi connectivity index (χ1) is 10.1. The number of ether oxygens (including phenoxy) is 1. The summed E-state index contributed by atoms with van der Waals surface area (Å²) < 4.78 is 5.49. The van der Waals surface area contributed by atoms with Gasteiger partial charge in [0, 0.05) is 25.5 Å². The molecule has 1 aromatic carbocycles. The van der Waals surface area contributed by atoms with Crippen LogP contribution in [0.5, 0.6) is 5.75 Å². The van der Waals surface area contributed by atoms with Crippen molar-refractivity contribution in [3.8, 4) is 5.75 Å². The van der Waals surface area contributed by atoms with Gasteiger partial charge < -0.3 is 15.2 Å². The van der Waals surface area contributed by atoms with E-state index < -0.39 is 5.97 Å². The van der Waals surface area contributed by atoms with E-state index >= 15 is 0 Å². The molecule has 110 valence electrons. The van der Waals surface area contributed by atoms with Gasteiger partial charge in [0.05, 0.1) is 17.0 Å². The summed E-state index contributed by atoms with van der Waals surface area (Å²) in [4.78, 5) is 19.2. The SMILES string of the molecule is Cc1cnc(CNCCOc2cccc(C(=O)O)c2)cn1. The van der Waals surface area contributed by atoms with Gasteiger partial charge in [-0.2, -0.15) is 0 Å². The van der Waals surface area contributed by atoms with E-state index in [1.165, 1.54) is 12.1 Å². The number of carboxylic acids is 1. The third-order valence-electron chi connectivity index (χ3n) is 2.77. The third-order valence-corrected chi connectivity index (χ3v) is 2.77. The highest BCUT2D eigenvalue weighted by Gasteiger charge is 2.03. The van der Waals surface area contributed by atoms with Crippen LogP contribution < -0.4 is 10.1 Å². The standard InChI is InChI=1S/C15H17N3O3/c1-11-8-18-13(10-17-11)9-16-5-6-21-14-4-2-3-12(7-14)15(19)20/h2-4,7-8,10,16H,5-6,9H2,1H3,(H,19,20). The Labute approximate surface area is 122 Å². The van der Waals surface area contributed by atoms with Gasteiger partial charge in [0.1, 0.15) is 12.4 Å². The Morgan fingerprint density at radius 3 is 2.90 bits per heavy atom. The Kier molecular flexibility index (Phi) is 5.22. The number of aromatic nitrogens is 2. The van der Waals surface area contributed by atoms with E-state index in [9.17, 15) is 4.79 Å². The van der Waals surface area contributed by atoms with Gasteiger partial charge >= 0.3 is 5.97 Å². The average Bonchev–Trinajstić information content (AvgIpc) is 2.49. The van der Waals surface area contributed by atoms with Crippen LogP contribution in [0.1, 0.15) is 21.7 Å². The molecule has 1 aromatic heterocycles. The number of benzene rings is 1. The molecule has 0 atom stereocenters. The van der Waals surface area contributed by atoms with Crippen molar-refractivity contribution in [1.82, 2.24) is 15.3 Å². The molecule has 0 aliphatic carbocycles. The number of carbonyl (C=O) groups is 1. The van der Waals surface area contributed by atoms with Crippen molar-refractivity contribution in [3.05, 3.63) is 53.6 Å². The number of nitrogens with one attached hydrogen (secondary N) is 1. The van der Waals surface area contributed by atoms with Crippen LogP contribution in [0.15, 0.2) is 36.7 Å². The van der Waals surface area contributed by atoms with Crippen molar-refractivity contribution >= 4 is 5.97 Å². The van der Waals surface area contributed by atoms with Crippen molar-refractivity contribution in [2.75, 3.05) is 13.2 Å². The number of aryl methyl sites for hydroxylation is 1. The normalized spacial score (nSPS) is 10.3. The molecular weight excluding hydrogens is 270 g/mol. The van der Waals surface area contributed by atoms with E-state index in [1.807, 2.05) is 6.92 Å². The number of nitrogens with zero attached hydrogens (tertiary/aromatic N) is 2. The quantitative estimate of drug-likeness (QED) is 0.753. The minimum absolute atomic E-state index is 0.218. The van der Waals surface area contributed by atoms with Gasteiger partial charge in [-0.25, -0.2) is 4.79 Å². The molecule has 0 fully saturated rings. The van der Waals surface area contributed by atoms with E-state index in [1.54, 1.807) is 24.5 Å². The first-order valence-electron chi connectivity index (χ1n) is 6.59. The lowest BCUT2D eigenvalue weighted by Gasteiger charge is -2.08. The number of hydrogen-bond acceptors (Lipinski definition) is 5. The largest absolute Gasteiger partial charge is 0.492 e. The van der Waals surface area contributed by atoms with Gasteiger partial charge in [0.2, 0.25) is 0 Å². The maximum absolute atomic E-state index is 10.8. The van der Waals surface area contributed by atoms with Gasteiger partial charge in [-0.3, -0.25) is 9.97 Å². The zero-order chi connectivity index (χ0) is 15.1. The third kappa shape index (κ3) is 4.85. The summed E-state index contributed by atoms with van der Waals surface area (Å²) in [6, 6.07) is 6.43. The molecule has 6 nitrogen and oxygen atoms in total. The second-order valence-electron chi connectivity index (χ2n) is 4.51. The fourth-order valence-electron chi connectivity index (χ4n) is 1.69. The van der Waals surface area contributed by atoms with E-state index in [-0.39, 0.29) is 5.56 Å². The van der Waals surface area contributed by atoms with Crippen molar-refractivity contribution in [2.45, 2.75) is 13.5 Å². The summed E-state index contributed by atoms with van der Waals surface area (Å²) >= 11 is 0. The minimum Gasteiger partial charge on any atom is -0.492 e. The van der Waals surface area contributed by atoms with Gasteiger partial charge in [-0.15, -0.1) is 0 Å². The van der Waals surface area contributed by atoms with E-state index in [4.69, 9.17) is 9.84 Å². The molecule has 0 amide bonds.